The third kappa shape index (κ3) is 5.10. The molecule has 0 saturated carbocycles. The molecule has 1 aromatic heterocycles. The molecule has 4 rings (SSSR count). The lowest BCUT2D eigenvalue weighted by atomic mass is 9.98. The van der Waals surface area contributed by atoms with Crippen LogP contribution in [0.2, 0.25) is 0 Å². The number of halogens is 3. The molecule has 1 aliphatic heterocycles. The molecule has 0 radical (unpaired) electrons. The molecule has 0 aliphatic carbocycles. The van der Waals surface area contributed by atoms with Crippen LogP contribution < -0.4 is 4.74 Å². The zero-order valence-electron chi connectivity index (χ0n) is 19.3. The maximum atomic E-state index is 13.2. The van der Waals surface area contributed by atoms with Gasteiger partial charge in [0.2, 0.25) is 0 Å². The molecule has 1 saturated heterocycles. The van der Waals surface area contributed by atoms with E-state index < -0.39 is 35.2 Å². The van der Waals surface area contributed by atoms with Crippen molar-refractivity contribution in [1.82, 2.24) is 9.88 Å². The molecule has 2 heterocycles. The third-order valence-corrected chi connectivity index (χ3v) is 5.70. The number of aliphatic hydroxyl groups is 1. The van der Waals surface area contributed by atoms with Gasteiger partial charge in [-0.05, 0) is 48.4 Å². The number of Topliss-reactive ketones (excluding diaryl/α,β-unsaturated/α-hetero) is 1. The molecule has 1 fully saturated rings. The normalized spacial score (nSPS) is 17.4. The number of rotatable bonds is 7. The van der Waals surface area contributed by atoms with Crippen molar-refractivity contribution in [3.05, 3.63) is 101 Å². The van der Waals surface area contributed by atoms with Gasteiger partial charge in [0.25, 0.3) is 11.7 Å². The quantitative estimate of drug-likeness (QED) is 0.265. The van der Waals surface area contributed by atoms with Crippen LogP contribution in [0.5, 0.6) is 5.75 Å². The van der Waals surface area contributed by atoms with Gasteiger partial charge in [-0.1, -0.05) is 37.3 Å². The van der Waals surface area contributed by atoms with Crippen LogP contribution in [0.1, 0.15) is 41.8 Å². The first-order chi connectivity index (χ1) is 17.2. The minimum Gasteiger partial charge on any atom is -0.507 e. The monoisotopic (exact) mass is 496 g/mol. The summed E-state index contributed by atoms with van der Waals surface area (Å²) in [7, 11) is 0. The van der Waals surface area contributed by atoms with Crippen LogP contribution in [-0.2, 0) is 22.3 Å². The summed E-state index contributed by atoms with van der Waals surface area (Å²) < 4.78 is 45.3. The molecule has 186 valence electrons. The van der Waals surface area contributed by atoms with Crippen LogP contribution in [0, 0.1) is 0 Å². The van der Waals surface area contributed by atoms with Gasteiger partial charge in [-0.2, -0.15) is 13.2 Å². The Balaban J connectivity index is 1.79. The van der Waals surface area contributed by atoms with E-state index in [1.165, 1.54) is 18.3 Å². The third-order valence-electron chi connectivity index (χ3n) is 5.70. The number of ketones is 1. The Kier molecular flexibility index (Phi) is 7.10. The lowest BCUT2D eigenvalue weighted by molar-refractivity contribution is -0.140. The Morgan fingerprint density at radius 2 is 1.83 bits per heavy atom. The fourth-order valence-electron chi connectivity index (χ4n) is 4.04. The molecule has 2 aromatic carbocycles. The van der Waals surface area contributed by atoms with Gasteiger partial charge in [0.15, 0.2) is 0 Å². The van der Waals surface area contributed by atoms with E-state index in [1.54, 1.807) is 42.5 Å². The summed E-state index contributed by atoms with van der Waals surface area (Å²) in [6.07, 6.45) is -2.31. The van der Waals surface area contributed by atoms with Gasteiger partial charge in [0.1, 0.15) is 17.6 Å². The predicted octanol–water partition coefficient (Wildman–Crippen LogP) is 5.51. The summed E-state index contributed by atoms with van der Waals surface area (Å²) in [6, 6.07) is 14.8. The maximum Gasteiger partial charge on any atom is 0.416 e. The first kappa shape index (κ1) is 25.0. The van der Waals surface area contributed by atoms with Crippen molar-refractivity contribution in [2.24, 2.45) is 0 Å². The number of likely N-dealkylation sites (tertiary alicyclic amines) is 1. The van der Waals surface area contributed by atoms with Crippen molar-refractivity contribution in [2.45, 2.75) is 32.1 Å². The van der Waals surface area contributed by atoms with Crippen molar-refractivity contribution in [3.63, 3.8) is 0 Å². The maximum absolute atomic E-state index is 13.2. The summed E-state index contributed by atoms with van der Waals surface area (Å²) >= 11 is 0. The molecular weight excluding hydrogens is 473 g/mol. The molecule has 36 heavy (non-hydrogen) atoms. The highest BCUT2D eigenvalue weighted by Crippen LogP contribution is 2.40. The fourth-order valence-corrected chi connectivity index (χ4v) is 4.04. The topological polar surface area (TPSA) is 79.7 Å². The Morgan fingerprint density at radius 1 is 1.06 bits per heavy atom. The standard InChI is InChI=1S/C27H23F3N2O4/c1-2-13-36-20-10-6-8-18(15-20)24(33)22-23(21-11-3-4-12-31-21)32(26(35)25(22)34)16-17-7-5-9-19(14-17)27(28,29)30/h3-12,14-15,23,33H,2,13,16H2,1H3/b24-22+. The van der Waals surface area contributed by atoms with Gasteiger partial charge in [0, 0.05) is 18.3 Å². The van der Waals surface area contributed by atoms with Gasteiger partial charge < -0.3 is 14.7 Å². The molecule has 1 atom stereocenters. The number of hydrogen-bond donors (Lipinski definition) is 1. The molecule has 3 aromatic rings. The molecule has 6 nitrogen and oxygen atoms in total. The minimum absolute atomic E-state index is 0.183. The van der Waals surface area contributed by atoms with Crippen LogP contribution in [0.25, 0.3) is 5.76 Å². The number of amides is 1. The molecule has 1 N–H and O–H groups in total. The molecule has 0 spiro atoms. The molecule has 1 amide bonds. The summed E-state index contributed by atoms with van der Waals surface area (Å²) in [5.74, 6) is -1.83. The number of aliphatic hydroxyl groups excluding tert-OH is 1. The van der Waals surface area contributed by atoms with E-state index >= 15 is 0 Å². The number of pyridine rings is 1. The van der Waals surface area contributed by atoms with Crippen molar-refractivity contribution in [3.8, 4) is 5.75 Å². The largest absolute Gasteiger partial charge is 0.507 e. The summed E-state index contributed by atoms with van der Waals surface area (Å²) in [4.78, 5) is 31.6. The van der Waals surface area contributed by atoms with E-state index in [-0.39, 0.29) is 23.2 Å². The Morgan fingerprint density at radius 3 is 2.53 bits per heavy atom. The van der Waals surface area contributed by atoms with Crippen molar-refractivity contribution >= 4 is 17.4 Å². The Labute approximate surface area is 205 Å². The zero-order valence-corrected chi connectivity index (χ0v) is 19.3. The number of hydrogen-bond acceptors (Lipinski definition) is 5. The van der Waals surface area contributed by atoms with E-state index in [0.29, 0.717) is 18.1 Å². The minimum atomic E-state index is -4.56. The Bertz CT molecular complexity index is 1310. The molecule has 1 unspecified atom stereocenters. The lowest BCUT2D eigenvalue weighted by Crippen LogP contribution is -2.29. The van der Waals surface area contributed by atoms with Gasteiger partial charge in [-0.3, -0.25) is 14.6 Å². The summed E-state index contributed by atoms with van der Waals surface area (Å²) in [5.41, 5.74) is -0.319. The highest BCUT2D eigenvalue weighted by Gasteiger charge is 2.47. The van der Waals surface area contributed by atoms with Gasteiger partial charge in [-0.25, -0.2) is 0 Å². The van der Waals surface area contributed by atoms with Crippen LogP contribution in [-0.4, -0.2) is 33.3 Å². The fraction of sp³-hybridized carbons (Fsp3) is 0.222. The second-order valence-corrected chi connectivity index (χ2v) is 8.26. The number of ether oxygens (including phenoxy) is 1. The number of carbonyl (C=O) groups excluding carboxylic acids is 2. The first-order valence-corrected chi connectivity index (χ1v) is 11.3. The zero-order chi connectivity index (χ0) is 25.9. The number of alkyl halides is 3. The molecule has 9 heteroatoms. The van der Waals surface area contributed by atoms with E-state index in [2.05, 4.69) is 4.98 Å². The number of benzene rings is 2. The van der Waals surface area contributed by atoms with E-state index in [1.807, 2.05) is 6.92 Å². The SMILES string of the molecule is CCCOc1cccc(/C(O)=C2\C(=O)C(=O)N(Cc3cccc(C(F)(F)F)c3)C2c2ccccn2)c1. The van der Waals surface area contributed by atoms with Gasteiger partial charge >= 0.3 is 6.18 Å². The van der Waals surface area contributed by atoms with Gasteiger partial charge in [-0.15, -0.1) is 0 Å². The first-order valence-electron chi connectivity index (χ1n) is 11.3. The Hall–Kier alpha value is -4.14. The van der Waals surface area contributed by atoms with Crippen molar-refractivity contribution in [2.75, 3.05) is 6.61 Å². The van der Waals surface area contributed by atoms with Crippen LogP contribution in [0.3, 0.4) is 0 Å². The number of carbonyl (C=O) groups is 2. The second kappa shape index (κ2) is 10.2. The molecule has 0 bridgehead atoms. The highest BCUT2D eigenvalue weighted by atomic mass is 19.4. The average molecular weight is 496 g/mol. The van der Waals surface area contributed by atoms with Crippen LogP contribution >= 0.6 is 0 Å². The summed E-state index contributed by atoms with van der Waals surface area (Å²) in [5, 5.41) is 11.2. The van der Waals surface area contributed by atoms with Crippen LogP contribution in [0.15, 0.2) is 78.5 Å². The molecular formula is C27H23F3N2O4. The highest BCUT2D eigenvalue weighted by molar-refractivity contribution is 6.46. The lowest BCUT2D eigenvalue weighted by Gasteiger charge is -2.25. The van der Waals surface area contributed by atoms with Crippen molar-refractivity contribution < 1.29 is 32.6 Å². The van der Waals surface area contributed by atoms with Gasteiger partial charge in [0.05, 0.1) is 23.4 Å². The smallest absolute Gasteiger partial charge is 0.416 e. The number of nitrogens with zero attached hydrogens (tertiary/aromatic N) is 2. The summed E-state index contributed by atoms with van der Waals surface area (Å²) in [6.45, 7) is 2.12. The van der Waals surface area contributed by atoms with E-state index in [0.717, 1.165) is 23.5 Å². The predicted molar refractivity (Wildman–Crippen MR) is 126 cm³/mol. The molecule has 1 aliphatic rings. The van der Waals surface area contributed by atoms with E-state index in [9.17, 15) is 27.9 Å². The van der Waals surface area contributed by atoms with Crippen molar-refractivity contribution in [1.29, 1.82) is 0 Å². The average Bonchev–Trinajstić information content (AvgIpc) is 3.12. The van der Waals surface area contributed by atoms with Crippen LogP contribution in [0.4, 0.5) is 13.2 Å². The van der Waals surface area contributed by atoms with E-state index in [4.69, 9.17) is 4.74 Å². The number of aromatic nitrogens is 1. The second-order valence-electron chi connectivity index (χ2n) is 8.26.